The molecule has 8 heteroatoms. The van der Waals surface area contributed by atoms with E-state index in [1.54, 1.807) is 6.08 Å². The van der Waals surface area contributed by atoms with Crippen LogP contribution in [-0.2, 0) is 25.3 Å². The number of rotatable bonds is 8. The Hall–Kier alpha value is -2.16. The standard InChI is InChI=1S/C24H37NO6Si/c1-8-14-24(17-31-32(6,7)23(2,3)4)19(26)15-25(20(24)21(27)29-5)22(28)30-16-18-12-10-9-11-13-18/h8-13,19-20,26H,1,14-17H2,2-7H3/t19-,20+,24-/m0/s1. The van der Waals surface area contributed by atoms with Gasteiger partial charge in [-0.3, -0.25) is 4.90 Å². The van der Waals surface area contributed by atoms with E-state index in [4.69, 9.17) is 13.9 Å². The maximum absolute atomic E-state index is 13.0. The molecule has 1 heterocycles. The predicted octanol–water partition coefficient (Wildman–Crippen LogP) is 4.13. The zero-order chi connectivity index (χ0) is 24.2. The molecule has 0 spiro atoms. The molecule has 0 bridgehead atoms. The van der Waals surface area contributed by atoms with Crippen LogP contribution in [0.3, 0.4) is 0 Å². The third-order valence-electron chi connectivity index (χ3n) is 6.79. The predicted molar refractivity (Wildman–Crippen MR) is 126 cm³/mol. The summed E-state index contributed by atoms with van der Waals surface area (Å²) in [5, 5.41) is 11.1. The van der Waals surface area contributed by atoms with E-state index in [0.29, 0.717) is 0 Å². The first-order chi connectivity index (χ1) is 14.9. The van der Waals surface area contributed by atoms with Crippen LogP contribution in [0.2, 0.25) is 18.1 Å². The van der Waals surface area contributed by atoms with E-state index in [1.807, 2.05) is 30.3 Å². The van der Waals surface area contributed by atoms with Gasteiger partial charge in [0.2, 0.25) is 0 Å². The van der Waals surface area contributed by atoms with Crippen molar-refractivity contribution in [2.45, 2.75) is 64.1 Å². The molecule has 1 aromatic carbocycles. The monoisotopic (exact) mass is 463 g/mol. The molecule has 1 aliphatic rings. The van der Waals surface area contributed by atoms with Crippen molar-refractivity contribution in [2.24, 2.45) is 5.41 Å². The molecule has 0 saturated carbocycles. The highest BCUT2D eigenvalue weighted by Crippen LogP contribution is 2.45. The van der Waals surface area contributed by atoms with Crippen molar-refractivity contribution in [3.8, 4) is 0 Å². The molecular formula is C24H37NO6Si. The minimum Gasteiger partial charge on any atom is -0.467 e. The summed E-state index contributed by atoms with van der Waals surface area (Å²) in [5.41, 5.74) is -0.246. The van der Waals surface area contributed by atoms with Crippen molar-refractivity contribution in [2.75, 3.05) is 20.3 Å². The number of aliphatic hydroxyl groups is 1. The van der Waals surface area contributed by atoms with E-state index in [-0.39, 0.29) is 31.2 Å². The molecule has 32 heavy (non-hydrogen) atoms. The number of nitrogens with zero attached hydrogens (tertiary/aromatic N) is 1. The number of esters is 1. The largest absolute Gasteiger partial charge is 0.467 e. The lowest BCUT2D eigenvalue weighted by atomic mass is 9.76. The fraction of sp³-hybridized carbons (Fsp3) is 0.583. The Balaban J connectivity index is 2.32. The number of aliphatic hydroxyl groups excluding tert-OH is 1. The number of β-amino-alcohol motifs (C(OH)–C–C–N with tert-alkyl or cyclic N) is 1. The number of likely N-dealkylation sites (tertiary alicyclic amines) is 1. The first kappa shape index (κ1) is 26.1. The van der Waals surface area contributed by atoms with Gasteiger partial charge < -0.3 is 19.0 Å². The number of carbonyl (C=O) groups excluding carboxylic acids is 2. The van der Waals surface area contributed by atoms with Gasteiger partial charge in [-0.1, -0.05) is 57.2 Å². The molecule has 0 aliphatic carbocycles. The van der Waals surface area contributed by atoms with Crippen LogP contribution < -0.4 is 0 Å². The minimum absolute atomic E-state index is 0.0535. The van der Waals surface area contributed by atoms with E-state index in [2.05, 4.69) is 40.4 Å². The zero-order valence-electron chi connectivity index (χ0n) is 20.1. The Morgan fingerprint density at radius 3 is 2.44 bits per heavy atom. The van der Waals surface area contributed by atoms with Crippen molar-refractivity contribution in [3.63, 3.8) is 0 Å². The zero-order valence-corrected chi connectivity index (χ0v) is 21.1. The van der Waals surface area contributed by atoms with E-state index in [1.165, 1.54) is 12.0 Å². The number of allylic oxidation sites excluding steroid dienone is 1. The summed E-state index contributed by atoms with van der Waals surface area (Å²) in [7, 11) is -0.922. The molecule has 2 rings (SSSR count). The number of ether oxygens (including phenoxy) is 2. The maximum Gasteiger partial charge on any atom is 0.410 e. The third kappa shape index (κ3) is 5.42. The molecule has 1 saturated heterocycles. The van der Waals surface area contributed by atoms with E-state index in [0.717, 1.165) is 5.56 Å². The molecule has 0 unspecified atom stereocenters. The van der Waals surface area contributed by atoms with Crippen molar-refractivity contribution in [3.05, 3.63) is 48.6 Å². The number of hydrogen-bond donors (Lipinski definition) is 1. The van der Waals surface area contributed by atoms with Gasteiger partial charge in [0.15, 0.2) is 8.32 Å². The third-order valence-corrected chi connectivity index (χ3v) is 11.3. The van der Waals surface area contributed by atoms with Crippen LogP contribution in [0.4, 0.5) is 4.79 Å². The van der Waals surface area contributed by atoms with Crippen LogP contribution in [0, 0.1) is 5.41 Å². The Morgan fingerprint density at radius 1 is 1.28 bits per heavy atom. The molecule has 1 aromatic rings. The molecule has 1 aliphatic heterocycles. The maximum atomic E-state index is 13.0. The highest BCUT2D eigenvalue weighted by atomic mass is 28.4. The van der Waals surface area contributed by atoms with Gasteiger partial charge in [0.05, 0.1) is 25.2 Å². The van der Waals surface area contributed by atoms with Gasteiger partial charge in [-0.2, -0.15) is 0 Å². The average molecular weight is 464 g/mol. The summed E-state index contributed by atoms with van der Waals surface area (Å²) in [6, 6.07) is 8.23. The van der Waals surface area contributed by atoms with Gasteiger partial charge in [-0.25, -0.2) is 9.59 Å². The van der Waals surface area contributed by atoms with Crippen molar-refractivity contribution in [1.29, 1.82) is 0 Å². The molecule has 178 valence electrons. The van der Waals surface area contributed by atoms with Gasteiger partial charge in [0.25, 0.3) is 0 Å². The van der Waals surface area contributed by atoms with Crippen molar-refractivity contribution < 1.29 is 28.6 Å². The second-order valence-electron chi connectivity index (χ2n) is 9.91. The lowest BCUT2D eigenvalue weighted by Gasteiger charge is -2.42. The van der Waals surface area contributed by atoms with Gasteiger partial charge in [0.1, 0.15) is 12.6 Å². The first-order valence-corrected chi connectivity index (χ1v) is 13.8. The molecule has 0 radical (unpaired) electrons. The molecule has 1 N–H and O–H groups in total. The summed E-state index contributed by atoms with van der Waals surface area (Å²) in [4.78, 5) is 27.1. The summed E-state index contributed by atoms with van der Waals surface area (Å²) in [5.74, 6) is -0.612. The second kappa shape index (κ2) is 10.2. The van der Waals surface area contributed by atoms with Crippen LogP contribution in [0.5, 0.6) is 0 Å². The molecular weight excluding hydrogens is 426 g/mol. The Bertz CT molecular complexity index is 806. The minimum atomic E-state index is -2.19. The fourth-order valence-corrected chi connectivity index (χ4v) is 4.77. The van der Waals surface area contributed by atoms with Gasteiger partial charge >= 0.3 is 12.1 Å². The molecule has 3 atom stereocenters. The number of hydrogen-bond acceptors (Lipinski definition) is 6. The SMILES string of the molecule is C=CC[C@]1(CO[Si](C)(C)C(C)(C)C)[C@@H](O)CN(C(=O)OCc2ccccc2)[C@@H]1C(=O)OC. The van der Waals surface area contributed by atoms with Gasteiger partial charge in [0, 0.05) is 6.61 Å². The van der Waals surface area contributed by atoms with E-state index < -0.39 is 37.9 Å². The average Bonchev–Trinajstić information content (AvgIpc) is 3.02. The molecule has 0 aromatic heterocycles. The van der Waals surface area contributed by atoms with Crippen LogP contribution in [0.25, 0.3) is 0 Å². The number of methoxy groups -OCH3 is 1. The molecule has 7 nitrogen and oxygen atoms in total. The summed E-state index contributed by atoms with van der Waals surface area (Å²) in [6.45, 7) is 14.5. The smallest absolute Gasteiger partial charge is 0.410 e. The van der Waals surface area contributed by atoms with Crippen molar-refractivity contribution >= 4 is 20.4 Å². The summed E-state index contributed by atoms with van der Waals surface area (Å²) >= 11 is 0. The Labute approximate surface area is 192 Å². The fourth-order valence-electron chi connectivity index (χ4n) is 3.70. The lowest BCUT2D eigenvalue weighted by molar-refractivity contribution is -0.151. The van der Waals surface area contributed by atoms with Crippen molar-refractivity contribution in [1.82, 2.24) is 4.90 Å². The number of benzene rings is 1. The van der Waals surface area contributed by atoms with Crippen LogP contribution in [-0.4, -0.2) is 62.8 Å². The summed E-state index contributed by atoms with van der Waals surface area (Å²) < 4.78 is 16.9. The highest BCUT2D eigenvalue weighted by Gasteiger charge is 2.60. The number of amides is 1. The normalized spacial score (nSPS) is 23.7. The molecule has 1 fully saturated rings. The number of carbonyl (C=O) groups is 2. The lowest BCUT2D eigenvalue weighted by Crippen LogP contribution is -2.54. The van der Waals surface area contributed by atoms with Crippen LogP contribution in [0.15, 0.2) is 43.0 Å². The van der Waals surface area contributed by atoms with E-state index in [9.17, 15) is 14.7 Å². The Kier molecular flexibility index (Phi) is 8.31. The topological polar surface area (TPSA) is 85.3 Å². The van der Waals surface area contributed by atoms with Crippen LogP contribution >= 0.6 is 0 Å². The quantitative estimate of drug-likeness (QED) is 0.355. The van der Waals surface area contributed by atoms with Gasteiger partial charge in [-0.05, 0) is 30.1 Å². The second-order valence-corrected chi connectivity index (χ2v) is 14.7. The highest BCUT2D eigenvalue weighted by molar-refractivity contribution is 6.74. The first-order valence-electron chi connectivity index (χ1n) is 10.9. The van der Waals surface area contributed by atoms with E-state index >= 15 is 0 Å². The van der Waals surface area contributed by atoms with Gasteiger partial charge in [-0.15, -0.1) is 6.58 Å². The summed E-state index contributed by atoms with van der Waals surface area (Å²) in [6.07, 6.45) is 0.248. The Morgan fingerprint density at radius 2 is 1.91 bits per heavy atom. The van der Waals surface area contributed by atoms with Crippen LogP contribution in [0.1, 0.15) is 32.8 Å². The molecule has 1 amide bonds.